The summed E-state index contributed by atoms with van der Waals surface area (Å²) in [6.45, 7) is 2.02. The van der Waals surface area contributed by atoms with E-state index in [2.05, 4.69) is 19.9 Å². The Morgan fingerprint density at radius 2 is 2.31 bits per heavy atom. The van der Waals surface area contributed by atoms with Crippen LogP contribution in [0.25, 0.3) is 11.0 Å². The summed E-state index contributed by atoms with van der Waals surface area (Å²) in [6.07, 6.45) is 2.81. The molecule has 6 heteroatoms. The van der Waals surface area contributed by atoms with Gasteiger partial charge in [0.1, 0.15) is 5.82 Å². The number of nitrogens with zero attached hydrogens (tertiary/aromatic N) is 3. The molecule has 0 bridgehead atoms. The van der Waals surface area contributed by atoms with Crippen LogP contribution < -0.4 is 4.90 Å². The second kappa shape index (κ2) is 3.19. The maximum Gasteiger partial charge on any atom is 0.371 e. The first-order valence-electron chi connectivity index (χ1n) is 5.08. The van der Waals surface area contributed by atoms with E-state index in [1.54, 1.807) is 6.20 Å². The van der Waals surface area contributed by atoms with Gasteiger partial charge in [-0.25, -0.2) is 14.8 Å². The molecule has 1 aliphatic heterocycles. The number of aromatic nitrogens is 3. The number of imidazole rings is 1. The highest BCUT2D eigenvalue weighted by Gasteiger charge is 2.17. The van der Waals surface area contributed by atoms with Gasteiger partial charge in [0, 0.05) is 19.2 Å². The maximum absolute atomic E-state index is 10.7. The predicted molar refractivity (Wildman–Crippen MR) is 57.7 cm³/mol. The first-order valence-corrected chi connectivity index (χ1v) is 5.08. The number of fused-ring (bicyclic) bond motifs is 1. The molecule has 0 saturated carbocycles. The molecule has 1 saturated heterocycles. The number of anilines is 1. The molecular weight excluding hydrogens is 208 g/mol. The Kier molecular flexibility index (Phi) is 1.82. The van der Waals surface area contributed by atoms with E-state index >= 15 is 0 Å². The van der Waals surface area contributed by atoms with Crippen molar-refractivity contribution < 1.29 is 9.90 Å². The van der Waals surface area contributed by atoms with Crippen LogP contribution in [0.5, 0.6) is 0 Å². The molecule has 2 aromatic rings. The van der Waals surface area contributed by atoms with Gasteiger partial charge in [0.2, 0.25) is 5.82 Å². The van der Waals surface area contributed by atoms with Crippen molar-refractivity contribution >= 4 is 22.8 Å². The zero-order valence-corrected chi connectivity index (χ0v) is 8.47. The van der Waals surface area contributed by atoms with Crippen molar-refractivity contribution in [2.24, 2.45) is 0 Å². The number of carboxylic acids is 1. The van der Waals surface area contributed by atoms with E-state index in [0.29, 0.717) is 11.0 Å². The number of aromatic carboxylic acids is 1. The number of nitrogens with one attached hydrogen (secondary N) is 1. The Morgan fingerprint density at radius 1 is 1.50 bits per heavy atom. The summed E-state index contributed by atoms with van der Waals surface area (Å²) in [5.41, 5.74) is 1.30. The summed E-state index contributed by atoms with van der Waals surface area (Å²) < 4.78 is 0. The van der Waals surface area contributed by atoms with Gasteiger partial charge in [0.05, 0.1) is 17.2 Å². The molecule has 82 valence electrons. The number of aromatic amines is 1. The van der Waals surface area contributed by atoms with Crippen LogP contribution in [0, 0.1) is 0 Å². The lowest BCUT2D eigenvalue weighted by Crippen LogP contribution is -2.37. The number of H-pyrrole nitrogens is 1. The van der Waals surface area contributed by atoms with E-state index in [1.807, 2.05) is 6.07 Å². The minimum Gasteiger partial charge on any atom is -0.475 e. The quantitative estimate of drug-likeness (QED) is 0.781. The molecule has 0 spiro atoms. The molecule has 1 aliphatic rings. The maximum atomic E-state index is 10.7. The third-order valence-electron chi connectivity index (χ3n) is 2.74. The lowest BCUT2D eigenvalue weighted by molar-refractivity contribution is 0.0685. The minimum absolute atomic E-state index is 0.0439. The molecule has 0 amide bonds. The fourth-order valence-electron chi connectivity index (χ4n) is 1.72. The van der Waals surface area contributed by atoms with Crippen LogP contribution in [-0.2, 0) is 0 Å². The third-order valence-corrected chi connectivity index (χ3v) is 2.74. The smallest absolute Gasteiger partial charge is 0.371 e. The Morgan fingerprint density at radius 3 is 2.94 bits per heavy atom. The highest BCUT2D eigenvalue weighted by Crippen LogP contribution is 2.21. The summed E-state index contributed by atoms with van der Waals surface area (Å²) in [4.78, 5) is 23.8. The van der Waals surface area contributed by atoms with Gasteiger partial charge in [0.15, 0.2) is 0 Å². The van der Waals surface area contributed by atoms with E-state index in [0.717, 1.165) is 18.9 Å². The molecule has 0 aromatic carbocycles. The molecule has 1 fully saturated rings. The van der Waals surface area contributed by atoms with Crippen molar-refractivity contribution in [1.82, 2.24) is 15.0 Å². The van der Waals surface area contributed by atoms with E-state index < -0.39 is 5.97 Å². The number of hydrogen-bond acceptors (Lipinski definition) is 4. The van der Waals surface area contributed by atoms with Crippen molar-refractivity contribution in [1.29, 1.82) is 0 Å². The standard InChI is InChI=1S/C10H10N4O2/c15-10(16)9-12-6-4-8(14-2-1-3-14)11-5-7(6)13-9/h4-5H,1-3H2,(H,12,13)(H,15,16). The largest absolute Gasteiger partial charge is 0.475 e. The van der Waals surface area contributed by atoms with Crippen molar-refractivity contribution in [3.05, 3.63) is 18.1 Å². The van der Waals surface area contributed by atoms with Gasteiger partial charge >= 0.3 is 5.97 Å². The fourth-order valence-corrected chi connectivity index (χ4v) is 1.72. The fraction of sp³-hybridized carbons (Fsp3) is 0.300. The van der Waals surface area contributed by atoms with E-state index in [-0.39, 0.29) is 5.82 Å². The van der Waals surface area contributed by atoms with Gasteiger partial charge in [-0.15, -0.1) is 0 Å². The lowest BCUT2D eigenvalue weighted by atomic mass is 10.2. The van der Waals surface area contributed by atoms with Gasteiger partial charge in [-0.1, -0.05) is 0 Å². The molecule has 16 heavy (non-hydrogen) atoms. The van der Waals surface area contributed by atoms with Crippen LogP contribution in [0.2, 0.25) is 0 Å². The van der Waals surface area contributed by atoms with Crippen LogP contribution in [-0.4, -0.2) is 39.1 Å². The SMILES string of the molecule is O=C(O)c1nc2cc(N3CCC3)ncc2[nH]1. The number of rotatable bonds is 2. The first-order chi connectivity index (χ1) is 7.74. The third kappa shape index (κ3) is 1.30. The molecule has 2 aromatic heterocycles. The zero-order valence-electron chi connectivity index (χ0n) is 8.47. The highest BCUT2D eigenvalue weighted by molar-refractivity contribution is 5.89. The van der Waals surface area contributed by atoms with Gasteiger partial charge in [-0.3, -0.25) is 0 Å². The number of carboxylic acid groups (broad SMARTS) is 1. The van der Waals surface area contributed by atoms with Crippen molar-refractivity contribution in [2.75, 3.05) is 18.0 Å². The van der Waals surface area contributed by atoms with Crippen LogP contribution >= 0.6 is 0 Å². The van der Waals surface area contributed by atoms with Gasteiger partial charge in [-0.05, 0) is 6.42 Å². The Hall–Kier alpha value is -2.11. The molecule has 0 radical (unpaired) electrons. The summed E-state index contributed by atoms with van der Waals surface area (Å²) in [7, 11) is 0. The van der Waals surface area contributed by atoms with Crippen LogP contribution in [0.4, 0.5) is 5.82 Å². The van der Waals surface area contributed by atoms with Gasteiger partial charge < -0.3 is 15.0 Å². The highest BCUT2D eigenvalue weighted by atomic mass is 16.4. The average molecular weight is 218 g/mol. The summed E-state index contributed by atoms with van der Waals surface area (Å²) in [5, 5.41) is 8.80. The molecule has 2 N–H and O–H groups in total. The molecular formula is C10H10N4O2. The van der Waals surface area contributed by atoms with Crippen LogP contribution in [0.15, 0.2) is 12.3 Å². The lowest BCUT2D eigenvalue weighted by Gasteiger charge is -2.31. The predicted octanol–water partition coefficient (Wildman–Crippen LogP) is 0.866. The first kappa shape index (κ1) is 9.14. The average Bonchev–Trinajstić information content (AvgIpc) is 2.57. The minimum atomic E-state index is -1.05. The Labute approximate surface area is 90.9 Å². The van der Waals surface area contributed by atoms with E-state index in [9.17, 15) is 4.79 Å². The molecule has 0 atom stereocenters. The van der Waals surface area contributed by atoms with Crippen molar-refractivity contribution in [3.8, 4) is 0 Å². The summed E-state index contributed by atoms with van der Waals surface area (Å²) >= 11 is 0. The Bertz CT molecular complexity index is 559. The van der Waals surface area contributed by atoms with Crippen molar-refractivity contribution in [2.45, 2.75) is 6.42 Å². The van der Waals surface area contributed by atoms with Crippen LogP contribution in [0.1, 0.15) is 17.0 Å². The monoisotopic (exact) mass is 218 g/mol. The number of hydrogen-bond donors (Lipinski definition) is 2. The van der Waals surface area contributed by atoms with E-state index in [4.69, 9.17) is 5.11 Å². The van der Waals surface area contributed by atoms with E-state index in [1.165, 1.54) is 6.42 Å². The zero-order chi connectivity index (χ0) is 11.1. The van der Waals surface area contributed by atoms with Gasteiger partial charge in [-0.2, -0.15) is 0 Å². The van der Waals surface area contributed by atoms with Crippen molar-refractivity contribution in [3.63, 3.8) is 0 Å². The number of carbonyl (C=O) groups is 1. The molecule has 0 unspecified atom stereocenters. The summed E-state index contributed by atoms with van der Waals surface area (Å²) in [6, 6.07) is 1.82. The second-order valence-corrected chi connectivity index (χ2v) is 3.79. The topological polar surface area (TPSA) is 82.1 Å². The normalized spacial score (nSPS) is 15.1. The number of pyridine rings is 1. The molecule has 3 rings (SSSR count). The molecule has 0 aliphatic carbocycles. The summed E-state index contributed by atoms with van der Waals surface area (Å²) in [5.74, 6) is -0.235. The van der Waals surface area contributed by atoms with Crippen LogP contribution in [0.3, 0.4) is 0 Å². The molecule has 6 nitrogen and oxygen atoms in total. The molecule has 3 heterocycles. The van der Waals surface area contributed by atoms with Gasteiger partial charge in [0.25, 0.3) is 0 Å². The second-order valence-electron chi connectivity index (χ2n) is 3.79. The Balaban J connectivity index is 2.06.